The standard InChI is InChI=1S/C20H23BrN2O2/c1-3-12-11-23-7-6-13(12)8-18(23)20(24)19-15-9-14(25-2)4-5-17(15)22-10-16(19)21/h3-5,9-10,12-13,18,20,24H,1,6-8,11H2,2H3/t12-,13-,18-,20-/m0/s1. The van der Waals surface area contributed by atoms with Crippen LogP contribution in [0.3, 0.4) is 0 Å². The molecule has 3 aliphatic rings. The van der Waals surface area contributed by atoms with E-state index in [2.05, 4.69) is 38.5 Å². The molecule has 0 amide bonds. The molecule has 0 spiro atoms. The number of nitrogens with zero attached hydrogens (tertiary/aromatic N) is 2. The average molecular weight is 403 g/mol. The molecule has 1 aromatic carbocycles. The summed E-state index contributed by atoms with van der Waals surface area (Å²) in [5.41, 5.74) is 1.79. The van der Waals surface area contributed by atoms with Crippen LogP contribution in [0.4, 0.5) is 0 Å². The number of hydrogen-bond acceptors (Lipinski definition) is 4. The highest BCUT2D eigenvalue weighted by Gasteiger charge is 2.42. The van der Waals surface area contributed by atoms with Crippen LogP contribution >= 0.6 is 15.9 Å². The zero-order chi connectivity index (χ0) is 17.6. The number of fused-ring (bicyclic) bond motifs is 4. The van der Waals surface area contributed by atoms with Crippen molar-refractivity contribution in [1.29, 1.82) is 0 Å². The molecule has 3 fully saturated rings. The Bertz CT molecular complexity index is 810. The molecule has 0 saturated carbocycles. The zero-order valence-corrected chi connectivity index (χ0v) is 15.9. The molecule has 4 heterocycles. The number of ether oxygens (including phenoxy) is 1. The Kier molecular flexibility index (Phi) is 4.56. The van der Waals surface area contributed by atoms with E-state index in [-0.39, 0.29) is 6.04 Å². The van der Waals surface area contributed by atoms with E-state index >= 15 is 0 Å². The molecular formula is C20H23BrN2O2. The molecule has 5 heteroatoms. The predicted molar refractivity (Wildman–Crippen MR) is 103 cm³/mol. The van der Waals surface area contributed by atoms with Gasteiger partial charge >= 0.3 is 0 Å². The lowest BCUT2D eigenvalue weighted by Gasteiger charge is -2.50. The molecule has 1 N–H and O–H groups in total. The third kappa shape index (κ3) is 2.88. The number of hydrogen-bond donors (Lipinski definition) is 1. The molecule has 5 rings (SSSR count). The van der Waals surface area contributed by atoms with Gasteiger partial charge in [0.25, 0.3) is 0 Å². The van der Waals surface area contributed by atoms with Gasteiger partial charge in [-0.1, -0.05) is 6.08 Å². The lowest BCUT2D eigenvalue weighted by molar-refractivity contribution is -0.0447. The summed E-state index contributed by atoms with van der Waals surface area (Å²) in [5, 5.41) is 12.3. The van der Waals surface area contributed by atoms with Gasteiger partial charge in [-0.2, -0.15) is 0 Å². The van der Waals surface area contributed by atoms with E-state index in [0.717, 1.165) is 46.2 Å². The molecule has 3 saturated heterocycles. The summed E-state index contributed by atoms with van der Waals surface area (Å²) in [6.07, 6.45) is 5.53. The molecule has 2 aromatic rings. The van der Waals surface area contributed by atoms with Crippen molar-refractivity contribution in [2.24, 2.45) is 11.8 Å². The molecule has 3 aliphatic heterocycles. The van der Waals surface area contributed by atoms with Gasteiger partial charge in [0.15, 0.2) is 0 Å². The summed E-state index contributed by atoms with van der Waals surface area (Å²) in [6, 6.07) is 5.95. The predicted octanol–water partition coefficient (Wildman–Crippen LogP) is 3.94. The number of benzene rings is 1. The Morgan fingerprint density at radius 1 is 1.48 bits per heavy atom. The van der Waals surface area contributed by atoms with Crippen LogP contribution in [-0.4, -0.2) is 41.2 Å². The van der Waals surface area contributed by atoms with Crippen molar-refractivity contribution < 1.29 is 9.84 Å². The fourth-order valence-corrected chi connectivity index (χ4v) is 5.04. The maximum Gasteiger partial charge on any atom is 0.119 e. The SMILES string of the molecule is C=C[C@H]1CN2CC[C@H]1C[C@H]2[C@H](O)c1c(Br)cnc2ccc(OC)cc12. The van der Waals surface area contributed by atoms with Gasteiger partial charge in [-0.25, -0.2) is 0 Å². The highest BCUT2D eigenvalue weighted by molar-refractivity contribution is 9.10. The van der Waals surface area contributed by atoms with Gasteiger partial charge < -0.3 is 9.84 Å². The van der Waals surface area contributed by atoms with E-state index in [1.165, 1.54) is 6.42 Å². The van der Waals surface area contributed by atoms with Crippen LogP contribution in [0.1, 0.15) is 24.5 Å². The van der Waals surface area contributed by atoms with Crippen molar-refractivity contribution in [3.8, 4) is 5.75 Å². The monoisotopic (exact) mass is 402 g/mol. The summed E-state index contributed by atoms with van der Waals surface area (Å²) in [4.78, 5) is 6.90. The second-order valence-electron chi connectivity index (χ2n) is 7.09. The zero-order valence-electron chi connectivity index (χ0n) is 14.4. The fourth-order valence-electron chi connectivity index (χ4n) is 4.49. The van der Waals surface area contributed by atoms with E-state index in [1.807, 2.05) is 18.2 Å². The van der Waals surface area contributed by atoms with Crippen LogP contribution in [0.2, 0.25) is 0 Å². The molecule has 132 valence electrons. The summed E-state index contributed by atoms with van der Waals surface area (Å²) in [6.45, 7) is 6.04. The van der Waals surface area contributed by atoms with E-state index in [9.17, 15) is 5.11 Å². The number of halogens is 1. The highest BCUT2D eigenvalue weighted by Crippen LogP contribution is 2.43. The maximum atomic E-state index is 11.3. The maximum absolute atomic E-state index is 11.3. The lowest BCUT2D eigenvalue weighted by atomic mass is 9.73. The Hall–Kier alpha value is -1.43. The number of aliphatic hydroxyl groups is 1. The Balaban J connectivity index is 1.74. The normalized spacial score (nSPS) is 29.6. The first-order chi connectivity index (χ1) is 12.1. The van der Waals surface area contributed by atoms with Gasteiger partial charge in [-0.15, -0.1) is 6.58 Å². The second-order valence-corrected chi connectivity index (χ2v) is 7.95. The summed E-state index contributed by atoms with van der Waals surface area (Å²) in [7, 11) is 1.66. The highest BCUT2D eigenvalue weighted by atomic mass is 79.9. The average Bonchev–Trinajstić information content (AvgIpc) is 2.67. The molecule has 1 unspecified atom stereocenters. The topological polar surface area (TPSA) is 45.6 Å². The van der Waals surface area contributed by atoms with Crippen LogP contribution < -0.4 is 4.74 Å². The van der Waals surface area contributed by atoms with Crippen LogP contribution in [0.5, 0.6) is 5.75 Å². The molecule has 5 atom stereocenters. The van der Waals surface area contributed by atoms with E-state index in [4.69, 9.17) is 4.74 Å². The van der Waals surface area contributed by atoms with Gasteiger partial charge in [-0.3, -0.25) is 9.88 Å². The second kappa shape index (κ2) is 6.71. The molecule has 2 bridgehead atoms. The number of piperidine rings is 3. The third-order valence-corrected chi connectivity index (χ3v) is 6.51. The number of rotatable bonds is 4. The Morgan fingerprint density at radius 3 is 3.00 bits per heavy atom. The van der Waals surface area contributed by atoms with Crippen molar-refractivity contribution in [1.82, 2.24) is 9.88 Å². The lowest BCUT2D eigenvalue weighted by Crippen LogP contribution is -2.54. The molecule has 0 aliphatic carbocycles. The molecule has 4 nitrogen and oxygen atoms in total. The number of methoxy groups -OCH3 is 1. The van der Waals surface area contributed by atoms with Gasteiger partial charge in [0.1, 0.15) is 5.75 Å². The van der Waals surface area contributed by atoms with Gasteiger partial charge in [0, 0.05) is 34.2 Å². The number of aliphatic hydroxyl groups excluding tert-OH is 1. The summed E-state index contributed by atoms with van der Waals surface area (Å²) < 4.78 is 6.22. The van der Waals surface area contributed by atoms with Crippen LogP contribution in [-0.2, 0) is 0 Å². The van der Waals surface area contributed by atoms with Crippen molar-refractivity contribution in [3.63, 3.8) is 0 Å². The Labute approximate surface area is 156 Å². The third-order valence-electron chi connectivity index (χ3n) is 5.88. The van der Waals surface area contributed by atoms with E-state index in [1.54, 1.807) is 13.3 Å². The van der Waals surface area contributed by atoms with Gasteiger partial charge in [0.05, 0.1) is 18.7 Å². The first-order valence-corrected chi connectivity index (χ1v) is 9.58. The Morgan fingerprint density at radius 2 is 2.32 bits per heavy atom. The first-order valence-electron chi connectivity index (χ1n) is 8.79. The van der Waals surface area contributed by atoms with Crippen LogP contribution in [0, 0.1) is 11.8 Å². The molecular weight excluding hydrogens is 380 g/mol. The van der Waals surface area contributed by atoms with Crippen molar-refractivity contribution in [3.05, 3.63) is 47.1 Å². The molecule has 1 aromatic heterocycles. The quantitative estimate of drug-likeness (QED) is 0.786. The minimum Gasteiger partial charge on any atom is -0.497 e. The molecule has 0 radical (unpaired) electrons. The van der Waals surface area contributed by atoms with Crippen LogP contribution in [0.25, 0.3) is 10.9 Å². The van der Waals surface area contributed by atoms with Crippen molar-refractivity contribution in [2.45, 2.75) is 25.0 Å². The van der Waals surface area contributed by atoms with Crippen molar-refractivity contribution in [2.75, 3.05) is 20.2 Å². The minimum atomic E-state index is -0.555. The number of pyridine rings is 1. The van der Waals surface area contributed by atoms with Gasteiger partial charge in [-0.05, 0) is 65.4 Å². The summed E-state index contributed by atoms with van der Waals surface area (Å²) in [5.74, 6) is 1.96. The van der Waals surface area contributed by atoms with Crippen molar-refractivity contribution >= 4 is 26.8 Å². The summed E-state index contributed by atoms with van der Waals surface area (Å²) >= 11 is 3.61. The fraction of sp³-hybridized carbons (Fsp3) is 0.450. The smallest absolute Gasteiger partial charge is 0.119 e. The first kappa shape index (κ1) is 17.0. The largest absolute Gasteiger partial charge is 0.497 e. The van der Waals surface area contributed by atoms with E-state index < -0.39 is 6.10 Å². The van der Waals surface area contributed by atoms with Crippen LogP contribution in [0.15, 0.2) is 41.5 Å². The van der Waals surface area contributed by atoms with E-state index in [0.29, 0.717) is 11.8 Å². The van der Waals surface area contributed by atoms with Gasteiger partial charge in [0.2, 0.25) is 0 Å². The molecule has 25 heavy (non-hydrogen) atoms. The number of aromatic nitrogens is 1. The minimum absolute atomic E-state index is 0.142.